The summed E-state index contributed by atoms with van der Waals surface area (Å²) in [5.41, 5.74) is 11.0. The van der Waals surface area contributed by atoms with Crippen molar-refractivity contribution in [1.82, 2.24) is 4.90 Å². The SMILES string of the molecule is CC(C)Cc1ccc2c3c1C1=C(N4C=COC(=C34)C2(C)C)C2(C)CCC2(C)C1C. The topological polar surface area (TPSA) is 12.5 Å². The molecule has 29 heavy (non-hydrogen) atoms. The highest BCUT2D eigenvalue weighted by atomic mass is 16.5. The highest BCUT2D eigenvalue weighted by molar-refractivity contribution is 5.96. The maximum absolute atomic E-state index is 6.23. The lowest BCUT2D eigenvalue weighted by molar-refractivity contribution is -0.0379. The minimum atomic E-state index is -0.0917. The Morgan fingerprint density at radius 3 is 2.52 bits per heavy atom. The minimum absolute atomic E-state index is 0.0917. The molecular weight excluding hydrogens is 354 g/mol. The smallest absolute Gasteiger partial charge is 0.138 e. The van der Waals surface area contributed by atoms with Crippen LogP contribution in [0.4, 0.5) is 0 Å². The van der Waals surface area contributed by atoms with Crippen LogP contribution in [0.15, 0.2) is 36.1 Å². The molecule has 0 spiro atoms. The molecular formula is C27H33NO. The molecule has 0 amide bonds. The molecule has 3 aliphatic carbocycles. The number of rotatable bonds is 2. The molecule has 152 valence electrons. The van der Waals surface area contributed by atoms with Crippen molar-refractivity contribution < 1.29 is 4.74 Å². The molecule has 0 N–H and O–H groups in total. The van der Waals surface area contributed by atoms with Crippen LogP contribution >= 0.6 is 0 Å². The maximum atomic E-state index is 6.23. The van der Waals surface area contributed by atoms with Gasteiger partial charge in [-0.2, -0.15) is 0 Å². The molecule has 0 saturated heterocycles. The lowest BCUT2D eigenvalue weighted by atomic mass is 9.49. The standard InChI is InChI=1S/C27H33NO/c1-15(2)14-17-8-9-18-21-20(17)19-16(3)26(6)10-11-27(26,7)23(19)28-12-13-29-24(22(21)28)25(18,4)5/h8-9,12-13,15-16H,10-11,14H2,1-7H3. The highest BCUT2D eigenvalue weighted by Crippen LogP contribution is 2.75. The molecule has 2 heterocycles. The summed E-state index contributed by atoms with van der Waals surface area (Å²) in [4.78, 5) is 2.54. The van der Waals surface area contributed by atoms with Gasteiger partial charge in [-0.15, -0.1) is 0 Å². The second-order valence-electron chi connectivity index (χ2n) is 11.4. The summed E-state index contributed by atoms with van der Waals surface area (Å²) in [7, 11) is 0. The number of allylic oxidation sites excluding steroid dienone is 3. The molecule has 0 radical (unpaired) electrons. The van der Waals surface area contributed by atoms with Crippen LogP contribution in [0.5, 0.6) is 0 Å². The van der Waals surface area contributed by atoms with Crippen molar-refractivity contribution in [3.63, 3.8) is 0 Å². The van der Waals surface area contributed by atoms with Gasteiger partial charge >= 0.3 is 0 Å². The molecule has 5 aliphatic rings. The van der Waals surface area contributed by atoms with E-state index in [9.17, 15) is 0 Å². The number of benzene rings is 1. The monoisotopic (exact) mass is 387 g/mol. The van der Waals surface area contributed by atoms with E-state index < -0.39 is 0 Å². The van der Waals surface area contributed by atoms with Gasteiger partial charge in [-0.1, -0.05) is 46.8 Å². The molecule has 6 rings (SSSR count). The third kappa shape index (κ3) is 1.74. The molecule has 3 unspecified atom stereocenters. The van der Waals surface area contributed by atoms with Gasteiger partial charge in [-0.05, 0) is 72.6 Å². The molecule has 3 atom stereocenters. The van der Waals surface area contributed by atoms with Crippen molar-refractivity contribution in [1.29, 1.82) is 0 Å². The first-order valence-electron chi connectivity index (χ1n) is 11.4. The summed E-state index contributed by atoms with van der Waals surface area (Å²) in [5, 5.41) is 0. The van der Waals surface area contributed by atoms with E-state index in [0.29, 0.717) is 17.3 Å². The molecule has 0 bridgehead atoms. The van der Waals surface area contributed by atoms with Gasteiger partial charge in [-0.25, -0.2) is 0 Å². The van der Waals surface area contributed by atoms with Gasteiger partial charge in [0.15, 0.2) is 0 Å². The van der Waals surface area contributed by atoms with Crippen molar-refractivity contribution in [2.24, 2.45) is 22.7 Å². The zero-order valence-corrected chi connectivity index (χ0v) is 18.9. The second kappa shape index (κ2) is 5.02. The molecule has 2 nitrogen and oxygen atoms in total. The van der Waals surface area contributed by atoms with Gasteiger partial charge in [0.1, 0.15) is 12.0 Å². The van der Waals surface area contributed by atoms with E-state index in [1.807, 2.05) is 6.26 Å². The Hall–Kier alpha value is -1.96. The number of ether oxygens (including phenoxy) is 1. The maximum Gasteiger partial charge on any atom is 0.138 e. The Bertz CT molecular complexity index is 1070. The summed E-state index contributed by atoms with van der Waals surface area (Å²) < 4.78 is 6.23. The first kappa shape index (κ1) is 17.9. The van der Waals surface area contributed by atoms with E-state index >= 15 is 0 Å². The zero-order chi connectivity index (χ0) is 20.5. The van der Waals surface area contributed by atoms with Crippen LogP contribution in [0.1, 0.15) is 83.6 Å². The molecule has 0 aromatic heterocycles. The van der Waals surface area contributed by atoms with Gasteiger partial charge in [0, 0.05) is 22.9 Å². The average molecular weight is 388 g/mol. The van der Waals surface area contributed by atoms with Gasteiger partial charge in [0.25, 0.3) is 0 Å². The number of hydrogen-bond donors (Lipinski definition) is 0. The first-order valence-corrected chi connectivity index (χ1v) is 11.4. The van der Waals surface area contributed by atoms with E-state index in [4.69, 9.17) is 4.74 Å². The fraction of sp³-hybridized carbons (Fsp3) is 0.556. The van der Waals surface area contributed by atoms with Crippen LogP contribution < -0.4 is 0 Å². The van der Waals surface area contributed by atoms with E-state index in [0.717, 1.165) is 12.2 Å². The third-order valence-electron chi connectivity index (χ3n) is 9.33. The summed E-state index contributed by atoms with van der Waals surface area (Å²) in [6.45, 7) is 16.9. The quantitative estimate of drug-likeness (QED) is 0.551. The summed E-state index contributed by atoms with van der Waals surface area (Å²) in [5.74, 6) is 2.36. The normalized spacial score (nSPS) is 34.9. The Kier molecular flexibility index (Phi) is 3.09. The third-order valence-corrected chi connectivity index (χ3v) is 9.33. The predicted octanol–water partition coefficient (Wildman–Crippen LogP) is 6.83. The highest BCUT2D eigenvalue weighted by Gasteiger charge is 2.66. The van der Waals surface area contributed by atoms with E-state index in [1.54, 1.807) is 16.8 Å². The fourth-order valence-electron chi connectivity index (χ4n) is 7.24. The van der Waals surface area contributed by atoms with Gasteiger partial charge in [0.2, 0.25) is 0 Å². The first-order chi connectivity index (χ1) is 13.6. The lowest BCUT2D eigenvalue weighted by Crippen LogP contribution is -2.49. The lowest BCUT2D eigenvalue weighted by Gasteiger charge is -2.56. The molecule has 2 aliphatic heterocycles. The number of fused-ring (bicyclic) bond motifs is 4. The van der Waals surface area contributed by atoms with Crippen molar-refractivity contribution in [3.05, 3.63) is 58.3 Å². The van der Waals surface area contributed by atoms with E-state index in [1.165, 1.54) is 35.2 Å². The summed E-state index contributed by atoms with van der Waals surface area (Å²) >= 11 is 0. The second-order valence-corrected chi connectivity index (χ2v) is 11.4. The molecule has 1 aromatic rings. The predicted molar refractivity (Wildman–Crippen MR) is 119 cm³/mol. The van der Waals surface area contributed by atoms with E-state index in [-0.39, 0.29) is 10.8 Å². The molecule has 1 fully saturated rings. The summed E-state index contributed by atoms with van der Waals surface area (Å²) in [6.07, 6.45) is 7.87. The van der Waals surface area contributed by atoms with Crippen molar-refractivity contribution in [3.8, 4) is 0 Å². The van der Waals surface area contributed by atoms with Gasteiger partial charge < -0.3 is 9.64 Å². The van der Waals surface area contributed by atoms with Crippen LogP contribution in [-0.2, 0) is 16.6 Å². The zero-order valence-electron chi connectivity index (χ0n) is 18.9. The Morgan fingerprint density at radius 2 is 1.86 bits per heavy atom. The van der Waals surface area contributed by atoms with Crippen LogP contribution in [0.3, 0.4) is 0 Å². The Morgan fingerprint density at radius 1 is 1.10 bits per heavy atom. The Labute approximate surface area is 175 Å². The largest absolute Gasteiger partial charge is 0.465 e. The van der Waals surface area contributed by atoms with Gasteiger partial charge in [-0.3, -0.25) is 0 Å². The minimum Gasteiger partial charge on any atom is -0.465 e. The van der Waals surface area contributed by atoms with Crippen molar-refractivity contribution >= 4 is 11.3 Å². The number of hydrogen-bond acceptors (Lipinski definition) is 2. The van der Waals surface area contributed by atoms with Crippen LogP contribution in [0.2, 0.25) is 0 Å². The number of nitrogens with zero attached hydrogens (tertiary/aromatic N) is 1. The van der Waals surface area contributed by atoms with Crippen LogP contribution in [0, 0.1) is 22.7 Å². The van der Waals surface area contributed by atoms with Crippen molar-refractivity contribution in [2.45, 2.75) is 73.1 Å². The average Bonchev–Trinajstić information content (AvgIpc) is 2.97. The Balaban J connectivity index is 1.74. The van der Waals surface area contributed by atoms with Gasteiger partial charge in [0.05, 0.1) is 11.1 Å². The molecule has 1 saturated carbocycles. The van der Waals surface area contributed by atoms with E-state index in [2.05, 4.69) is 71.7 Å². The van der Waals surface area contributed by atoms with Crippen LogP contribution in [-0.4, -0.2) is 4.90 Å². The fourth-order valence-corrected chi connectivity index (χ4v) is 7.24. The van der Waals surface area contributed by atoms with Crippen LogP contribution in [0.25, 0.3) is 11.3 Å². The summed E-state index contributed by atoms with van der Waals surface area (Å²) in [6, 6.07) is 4.82. The van der Waals surface area contributed by atoms with Crippen molar-refractivity contribution in [2.75, 3.05) is 0 Å². The molecule has 2 heteroatoms. The molecule has 1 aromatic carbocycles.